The van der Waals surface area contributed by atoms with Crippen molar-refractivity contribution in [2.45, 2.75) is 25.0 Å². The molecule has 0 spiro atoms. The molecule has 4 heteroatoms. The Balaban J connectivity index is 1.95. The van der Waals surface area contributed by atoms with Gasteiger partial charge >= 0.3 is 5.97 Å². The number of aliphatic hydroxyl groups is 1. The lowest BCUT2D eigenvalue weighted by molar-refractivity contribution is -0.139. The van der Waals surface area contributed by atoms with Crippen LogP contribution in [0.25, 0.3) is 0 Å². The van der Waals surface area contributed by atoms with E-state index in [0.29, 0.717) is 18.0 Å². The third kappa shape index (κ3) is 3.28. The van der Waals surface area contributed by atoms with E-state index in [1.54, 1.807) is 12.1 Å². The number of hydrogen-bond acceptors (Lipinski definition) is 3. The first kappa shape index (κ1) is 12.1. The van der Waals surface area contributed by atoms with Gasteiger partial charge in [-0.15, -0.1) is 0 Å². The number of carboxylic acids is 1. The van der Waals surface area contributed by atoms with Crippen molar-refractivity contribution in [1.82, 2.24) is 5.32 Å². The summed E-state index contributed by atoms with van der Waals surface area (Å²) in [6.45, 7) is 0.330. The van der Waals surface area contributed by atoms with Crippen molar-refractivity contribution in [3.63, 3.8) is 0 Å². The van der Waals surface area contributed by atoms with E-state index >= 15 is 0 Å². The SMILES string of the molecule is O=C(O)C(NCC(O)C1CC1)c1ccccc1. The number of benzene rings is 1. The van der Waals surface area contributed by atoms with Gasteiger partial charge in [0.15, 0.2) is 0 Å². The minimum absolute atomic E-state index is 0.330. The Morgan fingerprint density at radius 2 is 2.00 bits per heavy atom. The minimum atomic E-state index is -0.917. The van der Waals surface area contributed by atoms with Crippen LogP contribution in [0.5, 0.6) is 0 Å². The highest BCUT2D eigenvalue weighted by atomic mass is 16.4. The topological polar surface area (TPSA) is 69.6 Å². The zero-order valence-corrected chi connectivity index (χ0v) is 9.54. The first-order valence-corrected chi connectivity index (χ1v) is 5.87. The Hall–Kier alpha value is -1.39. The summed E-state index contributed by atoms with van der Waals surface area (Å²) in [6, 6.07) is 8.27. The summed E-state index contributed by atoms with van der Waals surface area (Å²) in [6.07, 6.45) is 1.67. The van der Waals surface area contributed by atoms with Gasteiger partial charge < -0.3 is 10.2 Å². The van der Waals surface area contributed by atoms with Crippen LogP contribution in [0, 0.1) is 5.92 Å². The molecular formula is C13H17NO3. The fourth-order valence-corrected chi connectivity index (χ4v) is 1.88. The second kappa shape index (κ2) is 5.29. The number of carboxylic acid groups (broad SMARTS) is 1. The van der Waals surface area contributed by atoms with Crippen LogP contribution in [-0.2, 0) is 4.79 Å². The van der Waals surface area contributed by atoms with E-state index in [-0.39, 0.29) is 0 Å². The van der Waals surface area contributed by atoms with E-state index in [9.17, 15) is 9.90 Å². The Labute approximate surface area is 100 Å². The Kier molecular flexibility index (Phi) is 3.76. The maximum atomic E-state index is 11.2. The van der Waals surface area contributed by atoms with Crippen molar-refractivity contribution in [3.05, 3.63) is 35.9 Å². The Bertz CT molecular complexity index is 376. The van der Waals surface area contributed by atoms with Crippen LogP contribution in [0.15, 0.2) is 30.3 Å². The lowest BCUT2D eigenvalue weighted by atomic mass is 10.1. The zero-order valence-electron chi connectivity index (χ0n) is 9.54. The average Bonchev–Trinajstić information content (AvgIpc) is 3.14. The molecule has 0 aliphatic heterocycles. The first-order valence-electron chi connectivity index (χ1n) is 5.87. The lowest BCUT2D eigenvalue weighted by Crippen LogP contribution is -2.35. The highest BCUT2D eigenvalue weighted by Crippen LogP contribution is 2.32. The second-order valence-corrected chi connectivity index (χ2v) is 4.49. The standard InChI is InChI=1S/C13H17NO3/c15-11(9-6-7-9)8-14-12(13(16)17)10-4-2-1-3-5-10/h1-5,9,11-12,14-15H,6-8H2,(H,16,17). The summed E-state index contributed by atoms with van der Waals surface area (Å²) in [5.41, 5.74) is 0.711. The van der Waals surface area contributed by atoms with E-state index in [1.165, 1.54) is 0 Å². The van der Waals surface area contributed by atoms with E-state index in [0.717, 1.165) is 12.8 Å². The van der Waals surface area contributed by atoms with Gasteiger partial charge in [0.2, 0.25) is 0 Å². The van der Waals surface area contributed by atoms with Crippen molar-refractivity contribution < 1.29 is 15.0 Å². The molecule has 2 rings (SSSR count). The molecule has 0 amide bonds. The highest BCUT2D eigenvalue weighted by molar-refractivity contribution is 5.75. The van der Waals surface area contributed by atoms with Crippen LogP contribution >= 0.6 is 0 Å². The van der Waals surface area contributed by atoms with Crippen molar-refractivity contribution >= 4 is 5.97 Å². The number of nitrogens with one attached hydrogen (secondary N) is 1. The van der Waals surface area contributed by atoms with Gasteiger partial charge in [0.25, 0.3) is 0 Å². The van der Waals surface area contributed by atoms with E-state index < -0.39 is 18.1 Å². The number of rotatable bonds is 6. The fraction of sp³-hybridized carbons (Fsp3) is 0.462. The molecule has 0 saturated heterocycles. The van der Waals surface area contributed by atoms with E-state index in [4.69, 9.17) is 5.11 Å². The normalized spacial score (nSPS) is 18.6. The number of carbonyl (C=O) groups is 1. The number of hydrogen-bond donors (Lipinski definition) is 3. The van der Waals surface area contributed by atoms with Crippen LogP contribution in [0.2, 0.25) is 0 Å². The van der Waals surface area contributed by atoms with Crippen molar-refractivity contribution in [3.8, 4) is 0 Å². The molecule has 3 N–H and O–H groups in total. The largest absolute Gasteiger partial charge is 0.480 e. The van der Waals surface area contributed by atoms with Crippen LogP contribution < -0.4 is 5.32 Å². The second-order valence-electron chi connectivity index (χ2n) is 4.49. The van der Waals surface area contributed by atoms with Crippen LogP contribution in [0.3, 0.4) is 0 Å². The molecule has 1 aliphatic carbocycles. The molecule has 0 radical (unpaired) electrons. The molecule has 4 nitrogen and oxygen atoms in total. The molecule has 2 unspecified atom stereocenters. The molecule has 2 atom stereocenters. The third-order valence-corrected chi connectivity index (χ3v) is 3.08. The smallest absolute Gasteiger partial charge is 0.325 e. The third-order valence-electron chi connectivity index (χ3n) is 3.08. The number of aliphatic hydroxyl groups excluding tert-OH is 1. The minimum Gasteiger partial charge on any atom is -0.480 e. The summed E-state index contributed by atoms with van der Waals surface area (Å²) in [4.78, 5) is 11.2. The molecule has 92 valence electrons. The Morgan fingerprint density at radius 1 is 1.35 bits per heavy atom. The molecule has 1 aromatic rings. The summed E-state index contributed by atoms with van der Waals surface area (Å²) >= 11 is 0. The van der Waals surface area contributed by atoms with E-state index in [1.807, 2.05) is 18.2 Å². The predicted octanol–water partition coefficient (Wildman–Crippen LogP) is 1.17. The predicted molar refractivity (Wildman–Crippen MR) is 63.6 cm³/mol. The molecule has 1 saturated carbocycles. The molecule has 0 heterocycles. The molecule has 0 bridgehead atoms. The molecule has 0 aromatic heterocycles. The highest BCUT2D eigenvalue weighted by Gasteiger charge is 2.30. The van der Waals surface area contributed by atoms with Crippen molar-refractivity contribution in [2.24, 2.45) is 5.92 Å². The Morgan fingerprint density at radius 3 is 2.53 bits per heavy atom. The molecule has 1 aliphatic rings. The quantitative estimate of drug-likeness (QED) is 0.692. The van der Waals surface area contributed by atoms with E-state index in [2.05, 4.69) is 5.32 Å². The molecule has 17 heavy (non-hydrogen) atoms. The fourth-order valence-electron chi connectivity index (χ4n) is 1.88. The average molecular weight is 235 g/mol. The van der Waals surface area contributed by atoms with Gasteiger partial charge in [-0.05, 0) is 24.3 Å². The van der Waals surface area contributed by atoms with Gasteiger partial charge in [0, 0.05) is 6.54 Å². The maximum absolute atomic E-state index is 11.2. The summed E-state index contributed by atoms with van der Waals surface area (Å²) in [5, 5.41) is 21.8. The van der Waals surface area contributed by atoms with Gasteiger partial charge in [-0.3, -0.25) is 10.1 Å². The van der Waals surface area contributed by atoms with Gasteiger partial charge in [0.05, 0.1) is 6.10 Å². The van der Waals surface area contributed by atoms with Crippen molar-refractivity contribution in [2.75, 3.05) is 6.54 Å². The number of aliphatic carboxylic acids is 1. The van der Waals surface area contributed by atoms with Gasteiger partial charge in [-0.1, -0.05) is 30.3 Å². The molecule has 1 aromatic carbocycles. The summed E-state index contributed by atoms with van der Waals surface area (Å²) in [7, 11) is 0. The monoisotopic (exact) mass is 235 g/mol. The maximum Gasteiger partial charge on any atom is 0.325 e. The van der Waals surface area contributed by atoms with Gasteiger partial charge in [-0.2, -0.15) is 0 Å². The van der Waals surface area contributed by atoms with Gasteiger partial charge in [-0.25, -0.2) is 0 Å². The van der Waals surface area contributed by atoms with Gasteiger partial charge in [0.1, 0.15) is 6.04 Å². The lowest BCUT2D eigenvalue weighted by Gasteiger charge is -2.17. The first-order chi connectivity index (χ1) is 8.18. The van der Waals surface area contributed by atoms with Crippen molar-refractivity contribution in [1.29, 1.82) is 0 Å². The van der Waals surface area contributed by atoms with Crippen LogP contribution in [0.4, 0.5) is 0 Å². The van der Waals surface area contributed by atoms with Crippen LogP contribution in [0.1, 0.15) is 24.4 Å². The zero-order chi connectivity index (χ0) is 12.3. The van der Waals surface area contributed by atoms with Crippen LogP contribution in [-0.4, -0.2) is 28.8 Å². The summed E-state index contributed by atoms with van der Waals surface area (Å²) in [5.74, 6) is -0.563. The molecular weight excluding hydrogens is 218 g/mol. The molecule has 1 fully saturated rings. The summed E-state index contributed by atoms with van der Waals surface area (Å²) < 4.78 is 0.